The van der Waals surface area contributed by atoms with E-state index in [1.54, 1.807) is 12.1 Å². The number of carbonyl (C=O) groups is 3. The number of amides is 1. The first kappa shape index (κ1) is 23.4. The Morgan fingerprint density at radius 2 is 1.38 bits per heavy atom. The fraction of sp³-hybridized carbons (Fsp3) is 0.276. The van der Waals surface area contributed by atoms with Crippen molar-refractivity contribution in [3.05, 3.63) is 89.5 Å². The van der Waals surface area contributed by atoms with E-state index in [2.05, 4.69) is 31.3 Å². The van der Waals surface area contributed by atoms with Crippen molar-refractivity contribution in [2.24, 2.45) is 11.8 Å². The third-order valence-corrected chi connectivity index (χ3v) is 6.61. The molecule has 0 saturated heterocycles. The lowest BCUT2D eigenvalue weighted by molar-refractivity contribution is -0.146. The first-order valence-corrected chi connectivity index (χ1v) is 11.7. The van der Waals surface area contributed by atoms with Crippen LogP contribution in [0.4, 0.5) is 5.69 Å². The quantitative estimate of drug-likeness (QED) is 0.411. The molecule has 0 radical (unpaired) electrons. The van der Waals surface area contributed by atoms with Gasteiger partial charge in [-0.2, -0.15) is 0 Å². The van der Waals surface area contributed by atoms with Gasteiger partial charge in [0.2, 0.25) is 5.91 Å². The molecule has 1 aliphatic carbocycles. The molecular weight excluding hydrogens is 426 g/mol. The molecule has 0 aromatic heterocycles. The summed E-state index contributed by atoms with van der Waals surface area (Å²) in [6, 6.07) is 23.0. The Labute approximate surface area is 199 Å². The summed E-state index contributed by atoms with van der Waals surface area (Å²) in [5.74, 6) is -1.57. The third-order valence-electron chi connectivity index (χ3n) is 6.61. The van der Waals surface area contributed by atoms with Gasteiger partial charge in [-0.25, -0.2) is 0 Å². The number of hydrogen-bond donors (Lipinski definition) is 2. The molecule has 5 nitrogen and oxygen atoms in total. The van der Waals surface area contributed by atoms with Crippen LogP contribution in [0.3, 0.4) is 0 Å². The number of nitrogens with one attached hydrogen (secondary N) is 1. The molecule has 2 N–H and O–H groups in total. The smallest absolute Gasteiger partial charge is 0.307 e. The molecule has 1 saturated carbocycles. The molecule has 0 aliphatic heterocycles. The Morgan fingerprint density at radius 3 is 1.88 bits per heavy atom. The minimum atomic E-state index is -0.891. The van der Waals surface area contributed by atoms with Crippen molar-refractivity contribution in [1.29, 1.82) is 0 Å². The van der Waals surface area contributed by atoms with E-state index >= 15 is 0 Å². The highest BCUT2D eigenvalue weighted by atomic mass is 16.4. The molecule has 0 bridgehead atoms. The predicted molar refractivity (Wildman–Crippen MR) is 133 cm³/mol. The van der Waals surface area contributed by atoms with E-state index in [0.717, 1.165) is 22.4 Å². The van der Waals surface area contributed by atoms with Crippen molar-refractivity contribution >= 4 is 23.3 Å². The van der Waals surface area contributed by atoms with Gasteiger partial charge >= 0.3 is 5.97 Å². The van der Waals surface area contributed by atoms with Crippen LogP contribution in [0, 0.1) is 11.8 Å². The molecule has 174 valence electrons. The third kappa shape index (κ3) is 5.25. The number of anilines is 1. The zero-order valence-electron chi connectivity index (χ0n) is 19.5. The van der Waals surface area contributed by atoms with Crippen LogP contribution >= 0.6 is 0 Å². The summed E-state index contributed by atoms with van der Waals surface area (Å²) in [5, 5.41) is 12.1. The first-order chi connectivity index (χ1) is 16.3. The van der Waals surface area contributed by atoms with Crippen LogP contribution in [-0.4, -0.2) is 22.8 Å². The van der Waals surface area contributed by atoms with Gasteiger partial charge in [-0.1, -0.05) is 74.5 Å². The summed E-state index contributed by atoms with van der Waals surface area (Å²) in [6.07, 6.45) is 1.52. The lowest BCUT2D eigenvalue weighted by Crippen LogP contribution is -2.38. The topological polar surface area (TPSA) is 83.5 Å². The first-order valence-electron chi connectivity index (χ1n) is 11.7. The Kier molecular flexibility index (Phi) is 6.92. The van der Waals surface area contributed by atoms with Gasteiger partial charge < -0.3 is 10.4 Å². The van der Waals surface area contributed by atoms with Gasteiger partial charge in [0.1, 0.15) is 0 Å². The average Bonchev–Trinajstić information content (AvgIpc) is 2.79. The van der Waals surface area contributed by atoms with Crippen molar-refractivity contribution in [2.75, 3.05) is 5.32 Å². The van der Waals surface area contributed by atoms with Gasteiger partial charge in [0.25, 0.3) is 0 Å². The highest BCUT2D eigenvalue weighted by molar-refractivity contribution is 6.01. The van der Waals surface area contributed by atoms with Crippen LogP contribution in [0.1, 0.15) is 54.1 Å². The summed E-state index contributed by atoms with van der Waals surface area (Å²) in [5.41, 5.74) is 5.42. The largest absolute Gasteiger partial charge is 0.481 e. The molecule has 1 aliphatic rings. The number of ketones is 1. The van der Waals surface area contributed by atoms with Crippen LogP contribution < -0.4 is 5.32 Å². The van der Waals surface area contributed by atoms with Crippen LogP contribution in [0.15, 0.2) is 72.8 Å². The van der Waals surface area contributed by atoms with Crippen molar-refractivity contribution in [3.8, 4) is 11.1 Å². The summed E-state index contributed by atoms with van der Waals surface area (Å²) in [7, 11) is 0. The SMILES string of the molecule is CC(C)c1ccc(CC(=O)Nc2ccc(-c3ccc(C(=O)[C@@H]4CC[C@H]4C(=O)O)cc3)cc2)cc1. The molecule has 2 atom stereocenters. The van der Waals surface area contributed by atoms with Crippen LogP contribution in [0.2, 0.25) is 0 Å². The Morgan fingerprint density at radius 1 is 0.824 bits per heavy atom. The molecule has 5 heteroatoms. The van der Waals surface area contributed by atoms with Crippen molar-refractivity contribution in [2.45, 2.75) is 39.0 Å². The highest BCUT2D eigenvalue weighted by Crippen LogP contribution is 2.37. The zero-order chi connectivity index (χ0) is 24.2. The van der Waals surface area contributed by atoms with Crippen molar-refractivity contribution in [1.82, 2.24) is 0 Å². The summed E-state index contributed by atoms with van der Waals surface area (Å²) >= 11 is 0. The van der Waals surface area contributed by atoms with Crippen molar-refractivity contribution < 1.29 is 19.5 Å². The fourth-order valence-corrected chi connectivity index (χ4v) is 4.31. The molecular formula is C29H29NO4. The fourth-order valence-electron chi connectivity index (χ4n) is 4.31. The van der Waals surface area contributed by atoms with Gasteiger partial charge in [-0.3, -0.25) is 14.4 Å². The summed E-state index contributed by atoms with van der Waals surface area (Å²) in [6.45, 7) is 4.29. The summed E-state index contributed by atoms with van der Waals surface area (Å²) < 4.78 is 0. The molecule has 0 heterocycles. The number of aliphatic carboxylic acids is 1. The molecule has 1 amide bonds. The maximum Gasteiger partial charge on any atom is 0.307 e. The minimum absolute atomic E-state index is 0.0661. The molecule has 3 aromatic rings. The highest BCUT2D eigenvalue weighted by Gasteiger charge is 2.41. The second-order valence-electron chi connectivity index (χ2n) is 9.27. The predicted octanol–water partition coefficient (Wildman–Crippen LogP) is 5.95. The molecule has 34 heavy (non-hydrogen) atoms. The zero-order valence-corrected chi connectivity index (χ0v) is 19.5. The standard InChI is InChI=1S/C29H29NO4/c1-18(2)20-5-3-19(4-6-20)17-27(31)30-24-13-11-22(12-14-24)21-7-9-23(10-8-21)28(32)25-15-16-26(25)29(33)34/h3-14,18,25-26H,15-17H2,1-2H3,(H,30,31)(H,33,34)/t25-,26-/m1/s1. The number of Topliss-reactive ketones (excluding diaryl/α,β-unsaturated/α-hetero) is 1. The van der Waals surface area contributed by atoms with Gasteiger partial charge in [-0.05, 0) is 53.1 Å². The van der Waals surface area contributed by atoms with Gasteiger partial charge in [0.05, 0.1) is 12.3 Å². The van der Waals surface area contributed by atoms with E-state index in [1.165, 1.54) is 5.56 Å². The molecule has 0 unspecified atom stereocenters. The number of carboxylic acid groups (broad SMARTS) is 1. The van der Waals surface area contributed by atoms with E-state index in [9.17, 15) is 19.5 Å². The maximum atomic E-state index is 12.6. The van der Waals surface area contributed by atoms with E-state index in [-0.39, 0.29) is 11.7 Å². The van der Waals surface area contributed by atoms with E-state index in [0.29, 0.717) is 30.7 Å². The monoisotopic (exact) mass is 455 g/mol. The number of rotatable bonds is 8. The van der Waals surface area contributed by atoms with Gasteiger partial charge in [0, 0.05) is 17.2 Å². The average molecular weight is 456 g/mol. The van der Waals surface area contributed by atoms with E-state index in [1.807, 2.05) is 48.5 Å². The Bertz CT molecular complexity index is 1180. The van der Waals surface area contributed by atoms with Crippen LogP contribution in [0.25, 0.3) is 11.1 Å². The number of carboxylic acids is 1. The minimum Gasteiger partial charge on any atom is -0.481 e. The second-order valence-corrected chi connectivity index (χ2v) is 9.27. The molecule has 0 spiro atoms. The Balaban J connectivity index is 1.35. The van der Waals surface area contributed by atoms with Gasteiger partial charge in [0.15, 0.2) is 5.78 Å². The molecule has 3 aromatic carbocycles. The normalized spacial score (nSPS) is 17.1. The van der Waals surface area contributed by atoms with E-state index in [4.69, 9.17) is 0 Å². The van der Waals surface area contributed by atoms with Crippen LogP contribution in [-0.2, 0) is 16.0 Å². The van der Waals surface area contributed by atoms with Gasteiger partial charge in [-0.15, -0.1) is 0 Å². The second kappa shape index (κ2) is 10.0. The summed E-state index contributed by atoms with van der Waals surface area (Å²) in [4.78, 5) is 36.2. The number of carbonyl (C=O) groups excluding carboxylic acids is 2. The lowest BCUT2D eigenvalue weighted by atomic mass is 9.70. The molecule has 1 fully saturated rings. The van der Waals surface area contributed by atoms with Crippen molar-refractivity contribution in [3.63, 3.8) is 0 Å². The Hall–Kier alpha value is -3.73. The number of hydrogen-bond acceptors (Lipinski definition) is 3. The van der Waals surface area contributed by atoms with E-state index < -0.39 is 17.8 Å². The maximum absolute atomic E-state index is 12.6. The number of benzene rings is 3. The lowest BCUT2D eigenvalue weighted by Gasteiger charge is -2.31. The molecule has 4 rings (SSSR count). The van der Waals surface area contributed by atoms with Crippen LogP contribution in [0.5, 0.6) is 0 Å².